The second kappa shape index (κ2) is 6.94. The molecule has 0 radical (unpaired) electrons. The van der Waals surface area contributed by atoms with Crippen molar-refractivity contribution >= 4 is 11.9 Å². The summed E-state index contributed by atoms with van der Waals surface area (Å²) in [6, 6.07) is 2.36. The van der Waals surface area contributed by atoms with Crippen LogP contribution in [0.1, 0.15) is 37.8 Å². The number of ether oxygens (including phenoxy) is 2. The molecule has 0 saturated carbocycles. The molecule has 5 rings (SSSR count). The molecule has 0 unspecified atom stereocenters. The summed E-state index contributed by atoms with van der Waals surface area (Å²) < 4.78 is 11.9. The first-order valence-electron chi connectivity index (χ1n) is 10.9. The average Bonchev–Trinajstić information content (AvgIpc) is 3.10. The van der Waals surface area contributed by atoms with Crippen molar-refractivity contribution in [1.29, 1.82) is 0 Å². The summed E-state index contributed by atoms with van der Waals surface area (Å²) in [7, 11) is 2.00. The van der Waals surface area contributed by atoms with Crippen molar-refractivity contribution in [3.05, 3.63) is 35.1 Å². The Bertz CT molecular complexity index is 1040. The summed E-state index contributed by atoms with van der Waals surface area (Å²) >= 11 is 0. The molecule has 1 aromatic carbocycles. The van der Waals surface area contributed by atoms with E-state index >= 15 is 0 Å². The number of phenols is 1. The lowest BCUT2D eigenvalue weighted by molar-refractivity contribution is -0.170. The van der Waals surface area contributed by atoms with Gasteiger partial charge in [-0.1, -0.05) is 6.07 Å². The normalized spacial score (nSPS) is 34.0. The zero-order chi connectivity index (χ0) is 23.0. The van der Waals surface area contributed by atoms with Gasteiger partial charge in [0.1, 0.15) is 17.9 Å². The molecule has 1 amide bonds. The van der Waals surface area contributed by atoms with Gasteiger partial charge in [0.05, 0.1) is 11.0 Å². The Balaban J connectivity index is 1.53. The van der Waals surface area contributed by atoms with E-state index in [0.717, 1.165) is 17.7 Å². The number of phenolic OH excluding ortho intramolecular Hbond substituents is 1. The fraction of sp³-hybridized carbons (Fsp3) is 0.565. The SMILES string of the molecule is C[C@H](O)C(=O)N[C@@H](C)C(=O)OC1=CC[C@@]2(O)[C@@H]3Cc4ccc(O)c5c4[C@@]2(CCN3C)[C@H]1O5. The first-order chi connectivity index (χ1) is 15.1. The van der Waals surface area contributed by atoms with Gasteiger partial charge in [-0.2, -0.15) is 0 Å². The molecular weight excluding hydrogens is 416 g/mol. The van der Waals surface area contributed by atoms with E-state index in [1.165, 1.54) is 13.8 Å². The van der Waals surface area contributed by atoms with Crippen molar-refractivity contribution in [1.82, 2.24) is 10.2 Å². The van der Waals surface area contributed by atoms with Crippen LogP contribution in [0.3, 0.4) is 0 Å². The molecular formula is C23H28N2O7. The number of aliphatic hydroxyl groups excluding tert-OH is 1. The van der Waals surface area contributed by atoms with Gasteiger partial charge in [-0.25, -0.2) is 4.79 Å². The number of aromatic hydroxyl groups is 1. The molecule has 1 aromatic rings. The minimum Gasteiger partial charge on any atom is -0.504 e. The van der Waals surface area contributed by atoms with Gasteiger partial charge in [0.25, 0.3) is 0 Å². The molecule has 2 bridgehead atoms. The number of carbonyl (C=O) groups is 2. The maximum Gasteiger partial charge on any atom is 0.333 e. The summed E-state index contributed by atoms with van der Waals surface area (Å²) in [5, 5.41) is 34.4. The van der Waals surface area contributed by atoms with Gasteiger partial charge in [0.15, 0.2) is 17.6 Å². The molecule has 1 saturated heterocycles. The Hall–Kier alpha value is -2.62. The molecule has 2 heterocycles. The highest BCUT2D eigenvalue weighted by Crippen LogP contribution is 2.65. The van der Waals surface area contributed by atoms with E-state index in [9.17, 15) is 24.9 Å². The van der Waals surface area contributed by atoms with E-state index in [4.69, 9.17) is 9.47 Å². The predicted octanol–water partition coefficient (Wildman–Crippen LogP) is 0.0986. The number of likely N-dealkylation sites (tertiary alicyclic amines) is 1. The molecule has 4 aliphatic rings. The zero-order valence-corrected chi connectivity index (χ0v) is 18.3. The van der Waals surface area contributed by atoms with Crippen LogP contribution in [0.2, 0.25) is 0 Å². The maximum absolute atomic E-state index is 12.7. The number of piperidine rings is 1. The van der Waals surface area contributed by atoms with E-state index in [2.05, 4.69) is 10.2 Å². The number of amides is 1. The van der Waals surface area contributed by atoms with Crippen molar-refractivity contribution in [3.63, 3.8) is 0 Å². The van der Waals surface area contributed by atoms with Crippen LogP contribution in [-0.4, -0.2) is 75.6 Å². The molecule has 32 heavy (non-hydrogen) atoms. The van der Waals surface area contributed by atoms with Gasteiger partial charge in [0.2, 0.25) is 5.91 Å². The molecule has 9 heteroatoms. The van der Waals surface area contributed by atoms with Gasteiger partial charge in [-0.3, -0.25) is 4.79 Å². The van der Waals surface area contributed by atoms with Crippen LogP contribution in [0.4, 0.5) is 0 Å². The van der Waals surface area contributed by atoms with Crippen molar-refractivity contribution in [2.75, 3.05) is 13.6 Å². The Morgan fingerprint density at radius 1 is 1.34 bits per heavy atom. The van der Waals surface area contributed by atoms with Crippen LogP contribution in [0.25, 0.3) is 0 Å². The minimum absolute atomic E-state index is 0.00417. The van der Waals surface area contributed by atoms with E-state index in [1.54, 1.807) is 12.1 Å². The number of hydrogen-bond donors (Lipinski definition) is 4. The third kappa shape index (κ3) is 2.61. The highest BCUT2D eigenvalue weighted by molar-refractivity contribution is 5.86. The second-order valence-electron chi connectivity index (χ2n) is 9.43. The molecule has 1 fully saturated rings. The molecule has 6 atom stereocenters. The van der Waals surface area contributed by atoms with Crippen LogP contribution < -0.4 is 10.1 Å². The van der Waals surface area contributed by atoms with Gasteiger partial charge in [-0.05, 0) is 58.0 Å². The van der Waals surface area contributed by atoms with Crippen molar-refractivity contribution < 1.29 is 34.4 Å². The third-order valence-electron chi connectivity index (χ3n) is 7.66. The summed E-state index contributed by atoms with van der Waals surface area (Å²) in [4.78, 5) is 26.6. The summed E-state index contributed by atoms with van der Waals surface area (Å²) in [6.45, 7) is 3.51. The molecule has 2 aliphatic heterocycles. The highest BCUT2D eigenvalue weighted by Gasteiger charge is 2.72. The summed E-state index contributed by atoms with van der Waals surface area (Å²) in [6.07, 6.45) is 1.15. The van der Waals surface area contributed by atoms with Gasteiger partial charge >= 0.3 is 5.97 Å². The number of likely N-dealkylation sites (N-methyl/N-ethyl adjacent to an activating group) is 1. The van der Waals surface area contributed by atoms with E-state index < -0.39 is 41.1 Å². The Morgan fingerprint density at radius 2 is 2.09 bits per heavy atom. The van der Waals surface area contributed by atoms with E-state index in [1.807, 2.05) is 13.1 Å². The Morgan fingerprint density at radius 3 is 2.81 bits per heavy atom. The number of carbonyl (C=O) groups excluding carboxylic acids is 2. The quantitative estimate of drug-likeness (QED) is 0.482. The van der Waals surface area contributed by atoms with Gasteiger partial charge < -0.3 is 35.0 Å². The van der Waals surface area contributed by atoms with Crippen molar-refractivity contribution in [2.24, 2.45) is 0 Å². The maximum atomic E-state index is 12.7. The van der Waals surface area contributed by atoms with Crippen molar-refractivity contribution in [2.45, 2.75) is 68.4 Å². The van der Waals surface area contributed by atoms with Crippen LogP contribution in [0, 0.1) is 0 Å². The van der Waals surface area contributed by atoms with Crippen LogP contribution in [0.15, 0.2) is 24.0 Å². The lowest BCUT2D eigenvalue weighted by Crippen LogP contribution is -2.74. The van der Waals surface area contributed by atoms with Crippen LogP contribution in [0.5, 0.6) is 11.5 Å². The van der Waals surface area contributed by atoms with Gasteiger partial charge in [-0.15, -0.1) is 0 Å². The first kappa shape index (κ1) is 21.2. The largest absolute Gasteiger partial charge is 0.504 e. The highest BCUT2D eigenvalue weighted by atomic mass is 16.6. The van der Waals surface area contributed by atoms with E-state index in [-0.39, 0.29) is 24.0 Å². The Labute approximate surface area is 185 Å². The Kier molecular flexibility index (Phi) is 4.60. The van der Waals surface area contributed by atoms with Crippen LogP contribution in [-0.2, 0) is 26.2 Å². The average molecular weight is 444 g/mol. The third-order valence-corrected chi connectivity index (χ3v) is 7.66. The lowest BCUT2D eigenvalue weighted by Gasteiger charge is -2.61. The fourth-order valence-electron chi connectivity index (χ4n) is 6.03. The molecule has 2 aliphatic carbocycles. The fourth-order valence-corrected chi connectivity index (χ4v) is 6.03. The molecule has 172 valence electrons. The number of rotatable bonds is 4. The topological polar surface area (TPSA) is 129 Å². The number of benzene rings is 1. The first-order valence-corrected chi connectivity index (χ1v) is 10.9. The second-order valence-corrected chi connectivity index (χ2v) is 9.43. The molecule has 1 spiro atoms. The molecule has 0 aromatic heterocycles. The van der Waals surface area contributed by atoms with Crippen LogP contribution >= 0.6 is 0 Å². The predicted molar refractivity (Wildman–Crippen MR) is 112 cm³/mol. The standard InChI is InChI=1S/C23H28N2O7/c1-11(24-20(28)12(2)26)21(29)31-15-6-7-23(30)16-10-13-4-5-14(27)18-17(13)22(23,19(15)32-18)8-9-25(16)3/h4-6,11-12,16,19,26-27,30H,7-10H2,1-3H3,(H,24,28)/t11-,12-,16-,19-,22-,23+/m0/s1. The summed E-state index contributed by atoms with van der Waals surface area (Å²) in [5.41, 5.74) is -0.153. The zero-order valence-electron chi connectivity index (χ0n) is 18.3. The molecule has 4 N–H and O–H groups in total. The lowest BCUT2D eigenvalue weighted by atomic mass is 9.50. The van der Waals surface area contributed by atoms with E-state index in [0.29, 0.717) is 18.6 Å². The number of aliphatic hydroxyl groups is 2. The number of nitrogens with one attached hydrogen (secondary N) is 1. The summed E-state index contributed by atoms with van der Waals surface area (Å²) in [5.74, 6) is -0.769. The smallest absolute Gasteiger partial charge is 0.333 e. The monoisotopic (exact) mass is 444 g/mol. The number of nitrogens with zero attached hydrogens (tertiary/aromatic N) is 1. The minimum atomic E-state index is -1.25. The van der Waals surface area contributed by atoms with Gasteiger partial charge in [0, 0.05) is 18.0 Å². The number of hydrogen-bond acceptors (Lipinski definition) is 8. The number of esters is 1. The van der Waals surface area contributed by atoms with Crippen molar-refractivity contribution in [3.8, 4) is 11.5 Å². The molecule has 9 nitrogen and oxygen atoms in total.